The van der Waals surface area contributed by atoms with Gasteiger partial charge in [0.05, 0.1) is 26.6 Å². The van der Waals surface area contributed by atoms with E-state index in [0.717, 1.165) is 0 Å². The number of methoxy groups -OCH3 is 2. The second-order valence-corrected chi connectivity index (χ2v) is 3.60. The molecule has 1 aromatic rings. The highest BCUT2D eigenvalue weighted by atomic mass is 16.5. The van der Waals surface area contributed by atoms with Crippen LogP contribution in [-0.4, -0.2) is 36.4 Å². The number of hydrogen-bond donors (Lipinski definition) is 2. The lowest BCUT2D eigenvalue weighted by molar-refractivity contribution is -0.145. The van der Waals surface area contributed by atoms with E-state index >= 15 is 0 Å². The van der Waals surface area contributed by atoms with E-state index in [4.69, 9.17) is 19.7 Å². The molecule has 6 heteroatoms. The van der Waals surface area contributed by atoms with Crippen LogP contribution in [0.15, 0.2) is 18.2 Å². The Morgan fingerprint density at radius 1 is 1.22 bits per heavy atom. The van der Waals surface area contributed by atoms with E-state index in [1.54, 1.807) is 12.1 Å². The van der Waals surface area contributed by atoms with E-state index in [9.17, 15) is 9.59 Å². The number of carbonyl (C=O) groups is 2. The maximum Gasteiger partial charge on any atom is 0.311 e. The lowest BCUT2D eigenvalue weighted by Crippen LogP contribution is -2.16. The third kappa shape index (κ3) is 3.13. The summed E-state index contributed by atoms with van der Waals surface area (Å²) in [6.07, 6.45) is -0.515. The van der Waals surface area contributed by atoms with Crippen LogP contribution in [0, 0.1) is 0 Å². The van der Waals surface area contributed by atoms with Gasteiger partial charge in [0.15, 0.2) is 0 Å². The summed E-state index contributed by atoms with van der Waals surface area (Å²) in [5.74, 6) is -2.81. The predicted octanol–water partition coefficient (Wildman–Crippen LogP) is 1.35. The molecule has 1 atom stereocenters. The summed E-state index contributed by atoms with van der Waals surface area (Å²) < 4.78 is 10.0. The van der Waals surface area contributed by atoms with Gasteiger partial charge >= 0.3 is 11.9 Å². The van der Waals surface area contributed by atoms with Crippen molar-refractivity contribution in [2.24, 2.45) is 0 Å². The minimum absolute atomic E-state index is 0.284. The van der Waals surface area contributed by atoms with Crippen molar-refractivity contribution in [3.63, 3.8) is 0 Å². The molecule has 0 amide bonds. The van der Waals surface area contributed by atoms with Gasteiger partial charge in [-0.2, -0.15) is 0 Å². The molecule has 0 bridgehead atoms. The molecule has 6 nitrogen and oxygen atoms in total. The maximum atomic E-state index is 11.1. The molecule has 0 saturated carbocycles. The van der Waals surface area contributed by atoms with E-state index in [0.29, 0.717) is 11.5 Å². The molecule has 0 aliphatic heterocycles. The molecule has 18 heavy (non-hydrogen) atoms. The average molecular weight is 254 g/mol. The van der Waals surface area contributed by atoms with Gasteiger partial charge in [-0.15, -0.1) is 0 Å². The first-order valence-corrected chi connectivity index (χ1v) is 5.16. The highest BCUT2D eigenvalue weighted by molar-refractivity contribution is 5.83. The summed E-state index contributed by atoms with van der Waals surface area (Å²) in [7, 11) is 2.84. The van der Waals surface area contributed by atoms with Crippen LogP contribution in [0.5, 0.6) is 11.5 Å². The zero-order valence-corrected chi connectivity index (χ0v) is 10.0. The lowest BCUT2D eigenvalue weighted by atomic mass is 9.94. The van der Waals surface area contributed by atoms with Crippen LogP contribution >= 0.6 is 0 Å². The molecule has 0 aromatic heterocycles. The van der Waals surface area contributed by atoms with Gasteiger partial charge < -0.3 is 19.7 Å². The lowest BCUT2D eigenvalue weighted by Gasteiger charge is -2.15. The molecule has 1 unspecified atom stereocenters. The van der Waals surface area contributed by atoms with E-state index in [1.165, 1.54) is 20.3 Å². The highest BCUT2D eigenvalue weighted by Crippen LogP contribution is 2.32. The van der Waals surface area contributed by atoms with E-state index in [2.05, 4.69) is 0 Å². The van der Waals surface area contributed by atoms with Crippen molar-refractivity contribution in [3.8, 4) is 11.5 Å². The fourth-order valence-corrected chi connectivity index (χ4v) is 1.62. The second kappa shape index (κ2) is 5.90. The minimum Gasteiger partial charge on any atom is -0.497 e. The van der Waals surface area contributed by atoms with Crippen LogP contribution in [0.1, 0.15) is 17.9 Å². The van der Waals surface area contributed by atoms with Crippen molar-refractivity contribution >= 4 is 11.9 Å². The number of carboxylic acids is 2. The Kier molecular flexibility index (Phi) is 4.53. The van der Waals surface area contributed by atoms with Crippen molar-refractivity contribution in [2.45, 2.75) is 12.3 Å². The van der Waals surface area contributed by atoms with Crippen molar-refractivity contribution in [3.05, 3.63) is 23.8 Å². The summed E-state index contributed by atoms with van der Waals surface area (Å²) in [5.41, 5.74) is 0.284. The molecule has 1 rings (SSSR count). The minimum atomic E-state index is -1.22. The van der Waals surface area contributed by atoms with Gasteiger partial charge in [0.1, 0.15) is 11.5 Å². The third-order valence-electron chi connectivity index (χ3n) is 2.49. The number of rotatable bonds is 6. The maximum absolute atomic E-state index is 11.1. The molecule has 0 fully saturated rings. The summed E-state index contributed by atoms with van der Waals surface area (Å²) in [5, 5.41) is 17.8. The first-order valence-electron chi connectivity index (χ1n) is 5.16. The number of ether oxygens (including phenoxy) is 2. The molecule has 98 valence electrons. The van der Waals surface area contributed by atoms with Crippen molar-refractivity contribution < 1.29 is 29.3 Å². The largest absolute Gasteiger partial charge is 0.497 e. The van der Waals surface area contributed by atoms with Crippen molar-refractivity contribution in [1.29, 1.82) is 0 Å². The molecule has 0 heterocycles. The zero-order valence-electron chi connectivity index (χ0n) is 10.0. The number of benzene rings is 1. The molecular formula is C12H14O6. The Morgan fingerprint density at radius 3 is 2.33 bits per heavy atom. The Hall–Kier alpha value is -2.24. The quantitative estimate of drug-likeness (QED) is 0.795. The molecular weight excluding hydrogens is 240 g/mol. The first kappa shape index (κ1) is 13.8. The molecule has 1 aromatic carbocycles. The summed E-state index contributed by atoms with van der Waals surface area (Å²) >= 11 is 0. The van der Waals surface area contributed by atoms with Crippen LogP contribution in [0.2, 0.25) is 0 Å². The van der Waals surface area contributed by atoms with Crippen LogP contribution in [-0.2, 0) is 9.59 Å². The van der Waals surface area contributed by atoms with Crippen LogP contribution in [0.25, 0.3) is 0 Å². The topological polar surface area (TPSA) is 93.1 Å². The molecule has 0 aliphatic rings. The van der Waals surface area contributed by atoms with E-state index in [1.807, 2.05) is 0 Å². The third-order valence-corrected chi connectivity index (χ3v) is 2.49. The molecule has 0 saturated heterocycles. The summed E-state index contributed by atoms with van der Waals surface area (Å²) in [6, 6.07) is 4.63. The second-order valence-electron chi connectivity index (χ2n) is 3.60. The van der Waals surface area contributed by atoms with Crippen LogP contribution < -0.4 is 9.47 Å². The number of aliphatic carboxylic acids is 2. The van der Waals surface area contributed by atoms with Crippen molar-refractivity contribution in [2.75, 3.05) is 14.2 Å². The number of hydrogen-bond acceptors (Lipinski definition) is 4. The SMILES string of the molecule is COc1ccc(OC)c(C(CC(=O)O)C(=O)O)c1. The fourth-order valence-electron chi connectivity index (χ4n) is 1.62. The standard InChI is InChI=1S/C12H14O6/c1-17-7-3-4-10(18-2)8(5-7)9(12(15)16)6-11(13)14/h3-5,9H,6H2,1-2H3,(H,13,14)(H,15,16). The van der Waals surface area contributed by atoms with Gasteiger partial charge in [-0.05, 0) is 18.2 Å². The van der Waals surface area contributed by atoms with Crippen LogP contribution in [0.3, 0.4) is 0 Å². The summed E-state index contributed by atoms with van der Waals surface area (Å²) in [4.78, 5) is 21.8. The molecule has 0 aliphatic carbocycles. The van der Waals surface area contributed by atoms with E-state index in [-0.39, 0.29) is 5.56 Å². The Morgan fingerprint density at radius 2 is 1.89 bits per heavy atom. The first-order chi connectivity index (χ1) is 8.49. The summed E-state index contributed by atoms with van der Waals surface area (Å²) in [6.45, 7) is 0. The van der Waals surface area contributed by atoms with Gasteiger partial charge in [0.2, 0.25) is 0 Å². The average Bonchev–Trinajstić information content (AvgIpc) is 2.34. The smallest absolute Gasteiger partial charge is 0.311 e. The van der Waals surface area contributed by atoms with Gasteiger partial charge in [-0.3, -0.25) is 9.59 Å². The zero-order chi connectivity index (χ0) is 13.7. The van der Waals surface area contributed by atoms with Gasteiger partial charge in [-0.25, -0.2) is 0 Å². The fraction of sp³-hybridized carbons (Fsp3) is 0.333. The molecule has 0 radical (unpaired) electrons. The Labute approximate surface area is 104 Å². The Bertz CT molecular complexity index is 454. The van der Waals surface area contributed by atoms with Gasteiger partial charge in [0, 0.05) is 5.56 Å². The highest BCUT2D eigenvalue weighted by Gasteiger charge is 2.26. The van der Waals surface area contributed by atoms with Gasteiger partial charge in [-0.1, -0.05) is 0 Å². The van der Waals surface area contributed by atoms with Gasteiger partial charge in [0.25, 0.3) is 0 Å². The molecule has 0 spiro atoms. The van der Waals surface area contributed by atoms with E-state index < -0.39 is 24.3 Å². The monoisotopic (exact) mass is 254 g/mol. The van der Waals surface area contributed by atoms with Crippen LogP contribution in [0.4, 0.5) is 0 Å². The Balaban J connectivity index is 3.23. The normalized spacial score (nSPS) is 11.7. The number of carboxylic acid groups (broad SMARTS) is 2. The predicted molar refractivity (Wildman–Crippen MR) is 62.2 cm³/mol. The van der Waals surface area contributed by atoms with Crippen molar-refractivity contribution in [1.82, 2.24) is 0 Å². The molecule has 2 N–H and O–H groups in total.